The summed E-state index contributed by atoms with van der Waals surface area (Å²) in [5.41, 5.74) is 12.4. The van der Waals surface area contributed by atoms with Crippen molar-refractivity contribution in [3.63, 3.8) is 0 Å². The van der Waals surface area contributed by atoms with Crippen LogP contribution in [0.2, 0.25) is 0 Å². The van der Waals surface area contributed by atoms with Gasteiger partial charge in [-0.15, -0.1) is 6.58 Å². The molecule has 15 heteroatoms. The first-order chi connectivity index (χ1) is 17.8. The number of ether oxygens (including phenoxy) is 2. The average molecular weight is 535 g/mol. The Morgan fingerprint density at radius 3 is 2.89 bits per heavy atom. The van der Waals surface area contributed by atoms with E-state index in [-0.39, 0.29) is 49.1 Å². The van der Waals surface area contributed by atoms with Gasteiger partial charge in [0.25, 0.3) is 0 Å². The van der Waals surface area contributed by atoms with Crippen molar-refractivity contribution in [1.82, 2.24) is 20.3 Å². The minimum absolute atomic E-state index is 0.0719. The monoisotopic (exact) mass is 535 g/mol. The fourth-order valence-corrected chi connectivity index (χ4v) is 3.90. The second kappa shape index (κ2) is 13.7. The van der Waals surface area contributed by atoms with Gasteiger partial charge in [-0.3, -0.25) is 14.3 Å². The highest BCUT2D eigenvalue weighted by Crippen LogP contribution is 2.29. The van der Waals surface area contributed by atoms with Crippen LogP contribution in [-0.4, -0.2) is 62.8 Å². The Morgan fingerprint density at radius 1 is 1.38 bits per heavy atom. The van der Waals surface area contributed by atoms with Crippen LogP contribution in [0.4, 0.5) is 17.3 Å². The van der Waals surface area contributed by atoms with Crippen LogP contribution in [0.3, 0.4) is 0 Å². The molecule has 5 atom stereocenters. The summed E-state index contributed by atoms with van der Waals surface area (Å²) < 4.78 is 27.5. The molecule has 1 fully saturated rings. The molecule has 0 bridgehead atoms. The van der Waals surface area contributed by atoms with E-state index in [0.29, 0.717) is 12.0 Å². The zero-order chi connectivity index (χ0) is 26.8. The third-order valence-electron chi connectivity index (χ3n) is 5.41. The van der Waals surface area contributed by atoms with E-state index in [1.807, 2.05) is 0 Å². The average Bonchev–Trinajstić information content (AvgIpc) is 3.25. The molecule has 2 unspecified atom stereocenters. The lowest BCUT2D eigenvalue weighted by Gasteiger charge is -2.22. The molecule has 14 nitrogen and oxygen atoms in total. The molecule has 2 aromatic rings. The lowest BCUT2D eigenvalue weighted by atomic mass is 10.1. The summed E-state index contributed by atoms with van der Waals surface area (Å²) in [4.78, 5) is 46.5. The number of nitrogens with zero attached hydrogens (tertiary/aromatic N) is 3. The van der Waals surface area contributed by atoms with Crippen molar-refractivity contribution in [2.75, 3.05) is 23.4 Å². The van der Waals surface area contributed by atoms with Crippen molar-refractivity contribution in [1.29, 1.82) is 0 Å². The van der Waals surface area contributed by atoms with Gasteiger partial charge < -0.3 is 41.0 Å². The first-order valence-electron chi connectivity index (χ1n) is 11.4. The Hall–Kier alpha value is -3.58. The van der Waals surface area contributed by atoms with E-state index in [9.17, 15) is 14.2 Å². The van der Waals surface area contributed by atoms with Crippen molar-refractivity contribution in [2.45, 2.75) is 50.2 Å². The van der Waals surface area contributed by atoms with Crippen molar-refractivity contribution in [3.8, 4) is 0 Å². The molecule has 37 heavy (non-hydrogen) atoms. The van der Waals surface area contributed by atoms with Gasteiger partial charge in [-0.25, -0.2) is 14.8 Å². The summed E-state index contributed by atoms with van der Waals surface area (Å²) in [6.07, 6.45) is 4.35. The number of pyridine rings is 1. The first kappa shape index (κ1) is 28.0. The smallest absolute Gasteiger partial charge is 0.329 e. The van der Waals surface area contributed by atoms with Crippen LogP contribution in [0.15, 0.2) is 43.5 Å². The number of nitrogen functional groups attached to an aromatic ring is 2. The molecule has 3 heterocycles. The standard InChI is InChI=1S/C22H30N7O7P/c1-2-3-6-17(30)28-14(8-13-5-4-7-25-10-13)22(31)36-15-9-18(35-16(15)11-34-37(32)33)29-21-19(23)20(24)26-12-27-21/h2,4-5,7,10,12,14-16,18,37H,1,3,6,8-9,11,23H2,(H,28,30)(H,32,33)(H3,24,26,27,29)/t14-,15?,16+,18+/m0/s1. The maximum absolute atomic E-state index is 13.2. The van der Waals surface area contributed by atoms with Crippen LogP contribution in [0, 0.1) is 0 Å². The lowest BCUT2D eigenvalue weighted by Crippen LogP contribution is -2.45. The zero-order valence-electron chi connectivity index (χ0n) is 19.9. The van der Waals surface area contributed by atoms with Crippen LogP contribution >= 0.6 is 8.25 Å². The Morgan fingerprint density at radius 2 is 2.19 bits per heavy atom. The van der Waals surface area contributed by atoms with Crippen LogP contribution in [0.5, 0.6) is 0 Å². The maximum atomic E-state index is 13.2. The molecule has 7 N–H and O–H groups in total. The molecule has 0 aromatic carbocycles. The highest BCUT2D eigenvalue weighted by Gasteiger charge is 2.40. The maximum Gasteiger partial charge on any atom is 0.329 e. The van der Waals surface area contributed by atoms with Crippen molar-refractivity contribution in [2.24, 2.45) is 0 Å². The van der Waals surface area contributed by atoms with Crippen LogP contribution in [0.25, 0.3) is 0 Å². The quantitative estimate of drug-likeness (QED) is 0.135. The second-order valence-corrected chi connectivity index (χ2v) is 8.95. The molecule has 0 spiro atoms. The van der Waals surface area contributed by atoms with Gasteiger partial charge in [0, 0.05) is 31.7 Å². The molecule has 200 valence electrons. The van der Waals surface area contributed by atoms with Crippen molar-refractivity contribution < 1.29 is 33.0 Å². The van der Waals surface area contributed by atoms with E-state index >= 15 is 0 Å². The highest BCUT2D eigenvalue weighted by atomic mass is 31.1. The lowest BCUT2D eigenvalue weighted by molar-refractivity contribution is -0.156. The topological polar surface area (TPSA) is 214 Å². The SMILES string of the molecule is C=CCCC(=O)N[C@@H](Cc1cccnc1)C(=O)OC1C[C@H](Nc2ncnc(N)c2N)O[C@@H]1CO[PH](=O)O. The third-order valence-corrected chi connectivity index (χ3v) is 5.82. The first-order valence-corrected chi connectivity index (χ1v) is 12.7. The van der Waals surface area contributed by atoms with Gasteiger partial charge in [-0.05, 0) is 18.1 Å². The molecule has 1 aliphatic heterocycles. The number of amides is 1. The number of aromatic nitrogens is 3. The summed E-state index contributed by atoms with van der Waals surface area (Å²) in [6.45, 7) is 3.28. The van der Waals surface area contributed by atoms with Gasteiger partial charge in [0.2, 0.25) is 5.91 Å². The van der Waals surface area contributed by atoms with E-state index < -0.39 is 38.7 Å². The van der Waals surface area contributed by atoms with Crippen LogP contribution in [0.1, 0.15) is 24.8 Å². The third kappa shape index (κ3) is 8.50. The predicted molar refractivity (Wildman–Crippen MR) is 134 cm³/mol. The number of nitrogens with one attached hydrogen (secondary N) is 2. The van der Waals surface area contributed by atoms with E-state index in [4.69, 9.17) is 30.4 Å². The summed E-state index contributed by atoms with van der Waals surface area (Å²) >= 11 is 0. The van der Waals surface area contributed by atoms with Crippen LogP contribution < -0.4 is 22.1 Å². The number of hydrogen-bond acceptors (Lipinski definition) is 12. The molecule has 3 rings (SSSR count). The molecule has 1 saturated heterocycles. The Labute approximate surface area is 213 Å². The number of nitrogens with two attached hydrogens (primary N) is 2. The molecule has 0 saturated carbocycles. The normalized spacial score (nSPS) is 20.5. The number of rotatable bonds is 13. The van der Waals surface area contributed by atoms with Crippen molar-refractivity contribution in [3.05, 3.63) is 49.1 Å². The van der Waals surface area contributed by atoms with Gasteiger partial charge in [0.1, 0.15) is 36.5 Å². The molecule has 1 amide bonds. The summed E-state index contributed by atoms with van der Waals surface area (Å²) in [5, 5.41) is 5.65. The summed E-state index contributed by atoms with van der Waals surface area (Å²) in [7, 11) is -3.26. The Balaban J connectivity index is 1.73. The molecular weight excluding hydrogens is 505 g/mol. The second-order valence-electron chi connectivity index (χ2n) is 8.13. The Kier molecular flexibility index (Phi) is 10.3. The molecule has 0 radical (unpaired) electrons. The Bertz CT molecular complexity index is 1110. The van der Waals surface area contributed by atoms with E-state index in [1.54, 1.807) is 30.6 Å². The number of allylic oxidation sites excluding steroid dienone is 1. The molecule has 0 aliphatic carbocycles. The van der Waals surface area contributed by atoms with Gasteiger partial charge in [0.05, 0.1) is 6.61 Å². The number of esters is 1. The number of carbonyl (C=O) groups excluding carboxylic acids is 2. The fourth-order valence-electron chi connectivity index (χ4n) is 3.59. The van der Waals surface area contributed by atoms with Gasteiger partial charge in [0.15, 0.2) is 11.6 Å². The van der Waals surface area contributed by atoms with Crippen LogP contribution in [-0.2, 0) is 34.6 Å². The highest BCUT2D eigenvalue weighted by molar-refractivity contribution is 7.32. The molecule has 1 aliphatic rings. The molecule has 2 aromatic heterocycles. The van der Waals surface area contributed by atoms with E-state index in [1.165, 1.54) is 6.33 Å². The van der Waals surface area contributed by atoms with Gasteiger partial charge in [-0.1, -0.05) is 12.1 Å². The summed E-state index contributed by atoms with van der Waals surface area (Å²) in [6, 6.07) is 2.48. The molecular formula is C22H30N7O7P. The van der Waals surface area contributed by atoms with Gasteiger partial charge in [-0.2, -0.15) is 0 Å². The predicted octanol–water partition coefficient (Wildman–Crippen LogP) is 0.567. The number of anilines is 3. The van der Waals surface area contributed by atoms with Gasteiger partial charge >= 0.3 is 14.2 Å². The minimum atomic E-state index is -3.26. The number of carbonyl (C=O) groups is 2. The van der Waals surface area contributed by atoms with Crippen molar-refractivity contribution >= 4 is 37.5 Å². The van der Waals surface area contributed by atoms with E-state index in [0.717, 1.165) is 0 Å². The number of hydrogen-bond donors (Lipinski definition) is 5. The largest absolute Gasteiger partial charge is 0.458 e. The minimum Gasteiger partial charge on any atom is -0.458 e. The zero-order valence-corrected chi connectivity index (χ0v) is 20.9. The fraction of sp³-hybridized carbons (Fsp3) is 0.409. The van der Waals surface area contributed by atoms with E-state index in [2.05, 4.69) is 32.2 Å². The summed E-state index contributed by atoms with van der Waals surface area (Å²) in [5.74, 6) is -0.771.